The number of ether oxygens (including phenoxy) is 4. The van der Waals surface area contributed by atoms with Gasteiger partial charge in [0.1, 0.15) is 18.4 Å². The van der Waals surface area contributed by atoms with Crippen molar-refractivity contribution in [2.45, 2.75) is 13.0 Å². The van der Waals surface area contributed by atoms with Crippen LogP contribution >= 0.6 is 11.6 Å². The summed E-state index contributed by atoms with van der Waals surface area (Å²) in [4.78, 5) is 8.16. The third-order valence-electron chi connectivity index (χ3n) is 2.11. The van der Waals surface area contributed by atoms with Crippen LogP contribution in [0.1, 0.15) is 12.2 Å². The third kappa shape index (κ3) is 7.27. The van der Waals surface area contributed by atoms with Crippen LogP contribution in [-0.2, 0) is 20.8 Å². The minimum absolute atomic E-state index is 0.296. The topological polar surface area (TPSA) is 62.7 Å². The molecule has 19 heavy (non-hydrogen) atoms. The van der Waals surface area contributed by atoms with Gasteiger partial charge in [-0.15, -0.1) is 0 Å². The van der Waals surface area contributed by atoms with E-state index in [2.05, 4.69) is 9.97 Å². The van der Waals surface area contributed by atoms with E-state index in [0.717, 1.165) is 6.42 Å². The third-order valence-corrected chi connectivity index (χ3v) is 2.30. The molecule has 1 rings (SSSR count). The highest BCUT2D eigenvalue weighted by atomic mass is 35.5. The molecule has 0 aliphatic rings. The molecule has 0 unspecified atom stereocenters. The van der Waals surface area contributed by atoms with Crippen LogP contribution in [-0.4, -0.2) is 50.6 Å². The molecule has 0 atom stereocenters. The quantitative estimate of drug-likeness (QED) is 0.483. The standard InChI is InChI=1S/C12H19ClN2O4/c1-16-4-3-5-18-6-7-19-12-8-10(13)14-11(15-12)9-17-2/h8H,3-7,9H2,1-2H3. The highest BCUT2D eigenvalue weighted by Gasteiger charge is 2.04. The van der Waals surface area contributed by atoms with Gasteiger partial charge in [-0.2, -0.15) is 4.98 Å². The predicted octanol–water partition coefficient (Wildman–Crippen LogP) is 1.71. The molecule has 1 aromatic rings. The molecule has 0 aliphatic heterocycles. The predicted molar refractivity (Wildman–Crippen MR) is 70.6 cm³/mol. The molecule has 0 N–H and O–H groups in total. The number of hydrogen-bond acceptors (Lipinski definition) is 6. The summed E-state index contributed by atoms with van der Waals surface area (Å²) in [6.45, 7) is 2.54. The smallest absolute Gasteiger partial charge is 0.218 e. The second kappa shape index (κ2) is 9.91. The molecule has 0 radical (unpaired) electrons. The zero-order valence-electron chi connectivity index (χ0n) is 11.2. The fraction of sp³-hybridized carbons (Fsp3) is 0.667. The van der Waals surface area contributed by atoms with Crippen molar-refractivity contribution in [3.05, 3.63) is 17.0 Å². The molecule has 7 heteroatoms. The molecule has 0 saturated carbocycles. The molecule has 0 fully saturated rings. The Kier molecular flexibility index (Phi) is 8.40. The Balaban J connectivity index is 2.25. The SMILES string of the molecule is COCCCOCCOc1cc(Cl)nc(COC)n1. The molecule has 0 aliphatic carbocycles. The highest BCUT2D eigenvalue weighted by Crippen LogP contribution is 2.14. The van der Waals surface area contributed by atoms with Crippen molar-refractivity contribution in [3.63, 3.8) is 0 Å². The van der Waals surface area contributed by atoms with E-state index in [9.17, 15) is 0 Å². The van der Waals surface area contributed by atoms with E-state index in [1.165, 1.54) is 0 Å². The van der Waals surface area contributed by atoms with Crippen LogP contribution < -0.4 is 4.74 Å². The molecule has 6 nitrogen and oxygen atoms in total. The Morgan fingerprint density at radius 1 is 1.05 bits per heavy atom. The Morgan fingerprint density at radius 2 is 1.89 bits per heavy atom. The number of methoxy groups -OCH3 is 2. The van der Waals surface area contributed by atoms with Gasteiger partial charge in [0, 0.05) is 33.5 Å². The molecule has 0 bridgehead atoms. The van der Waals surface area contributed by atoms with Crippen molar-refractivity contribution < 1.29 is 18.9 Å². The van der Waals surface area contributed by atoms with E-state index in [0.29, 0.717) is 49.9 Å². The van der Waals surface area contributed by atoms with Crippen molar-refractivity contribution in [1.82, 2.24) is 9.97 Å². The van der Waals surface area contributed by atoms with Crippen LogP contribution in [0.5, 0.6) is 5.88 Å². The first-order valence-electron chi connectivity index (χ1n) is 5.98. The molecule has 108 valence electrons. The van der Waals surface area contributed by atoms with Crippen LogP contribution in [0, 0.1) is 0 Å². The minimum Gasteiger partial charge on any atom is -0.475 e. The lowest BCUT2D eigenvalue weighted by Crippen LogP contribution is -2.10. The van der Waals surface area contributed by atoms with Crippen molar-refractivity contribution in [3.8, 4) is 5.88 Å². The molecule has 0 spiro atoms. The molecule has 1 aromatic heterocycles. The number of nitrogens with zero attached hydrogens (tertiary/aromatic N) is 2. The average molecular weight is 291 g/mol. The monoisotopic (exact) mass is 290 g/mol. The number of aromatic nitrogens is 2. The van der Waals surface area contributed by atoms with Gasteiger partial charge in [-0.25, -0.2) is 4.98 Å². The normalized spacial score (nSPS) is 10.7. The maximum absolute atomic E-state index is 5.85. The van der Waals surface area contributed by atoms with E-state index >= 15 is 0 Å². The van der Waals surface area contributed by atoms with Gasteiger partial charge in [-0.05, 0) is 6.42 Å². The molecular weight excluding hydrogens is 272 g/mol. The first-order chi connectivity index (χ1) is 9.26. The molecule has 1 heterocycles. The average Bonchev–Trinajstić information content (AvgIpc) is 2.37. The van der Waals surface area contributed by atoms with E-state index < -0.39 is 0 Å². The molecular formula is C12H19ClN2O4. The summed E-state index contributed by atoms with van der Waals surface area (Å²) in [6, 6.07) is 1.56. The summed E-state index contributed by atoms with van der Waals surface area (Å²) in [7, 11) is 3.23. The summed E-state index contributed by atoms with van der Waals surface area (Å²) in [5, 5.41) is 0.332. The van der Waals surface area contributed by atoms with Crippen molar-refractivity contribution in [2.75, 3.05) is 40.6 Å². The molecule has 0 saturated heterocycles. The molecule has 0 amide bonds. The van der Waals surface area contributed by atoms with E-state index in [1.807, 2.05) is 0 Å². The second-order valence-corrected chi connectivity index (χ2v) is 4.07. The van der Waals surface area contributed by atoms with Crippen LogP contribution in [0.2, 0.25) is 5.15 Å². The van der Waals surface area contributed by atoms with E-state index in [1.54, 1.807) is 20.3 Å². The van der Waals surface area contributed by atoms with Gasteiger partial charge in [0.25, 0.3) is 0 Å². The maximum Gasteiger partial charge on any atom is 0.218 e. The Labute approximate surface area is 118 Å². The second-order valence-electron chi connectivity index (χ2n) is 3.69. The lowest BCUT2D eigenvalue weighted by atomic mass is 10.5. The Morgan fingerprint density at radius 3 is 2.63 bits per heavy atom. The first kappa shape index (κ1) is 16.1. The summed E-state index contributed by atoms with van der Waals surface area (Å²) < 4.78 is 20.6. The summed E-state index contributed by atoms with van der Waals surface area (Å²) in [6.07, 6.45) is 0.869. The van der Waals surface area contributed by atoms with Gasteiger partial charge >= 0.3 is 0 Å². The maximum atomic E-state index is 5.85. The van der Waals surface area contributed by atoms with Crippen molar-refractivity contribution in [1.29, 1.82) is 0 Å². The van der Waals surface area contributed by atoms with E-state index in [4.69, 9.17) is 30.5 Å². The van der Waals surface area contributed by atoms with Crippen molar-refractivity contribution >= 4 is 11.6 Å². The largest absolute Gasteiger partial charge is 0.475 e. The summed E-state index contributed by atoms with van der Waals surface area (Å²) in [5.74, 6) is 0.915. The van der Waals surface area contributed by atoms with Gasteiger partial charge < -0.3 is 18.9 Å². The number of hydrogen-bond donors (Lipinski definition) is 0. The zero-order chi connectivity index (χ0) is 13.9. The van der Waals surface area contributed by atoms with Gasteiger partial charge in [0.15, 0.2) is 5.82 Å². The minimum atomic E-state index is 0.296. The number of halogens is 1. The lowest BCUT2D eigenvalue weighted by molar-refractivity contribution is 0.0792. The van der Waals surface area contributed by atoms with Gasteiger partial charge in [0.2, 0.25) is 5.88 Å². The van der Waals surface area contributed by atoms with Gasteiger partial charge in [-0.3, -0.25) is 0 Å². The van der Waals surface area contributed by atoms with Crippen LogP contribution in [0.4, 0.5) is 0 Å². The Hall–Kier alpha value is -0.950. The van der Waals surface area contributed by atoms with Gasteiger partial charge in [0.05, 0.1) is 6.61 Å². The van der Waals surface area contributed by atoms with Gasteiger partial charge in [-0.1, -0.05) is 11.6 Å². The fourth-order valence-corrected chi connectivity index (χ4v) is 1.51. The summed E-state index contributed by atoms with van der Waals surface area (Å²) in [5.41, 5.74) is 0. The first-order valence-corrected chi connectivity index (χ1v) is 6.36. The summed E-state index contributed by atoms with van der Waals surface area (Å²) >= 11 is 5.85. The Bertz CT molecular complexity index is 366. The zero-order valence-corrected chi connectivity index (χ0v) is 12.0. The fourth-order valence-electron chi connectivity index (χ4n) is 1.32. The highest BCUT2D eigenvalue weighted by molar-refractivity contribution is 6.29. The molecule has 0 aromatic carbocycles. The lowest BCUT2D eigenvalue weighted by Gasteiger charge is -2.07. The number of rotatable bonds is 10. The van der Waals surface area contributed by atoms with Crippen LogP contribution in [0.15, 0.2) is 6.07 Å². The van der Waals surface area contributed by atoms with E-state index in [-0.39, 0.29) is 0 Å². The van der Waals surface area contributed by atoms with Crippen LogP contribution in [0.25, 0.3) is 0 Å². The van der Waals surface area contributed by atoms with Crippen molar-refractivity contribution in [2.24, 2.45) is 0 Å². The van der Waals surface area contributed by atoms with Crippen LogP contribution in [0.3, 0.4) is 0 Å².